The summed E-state index contributed by atoms with van der Waals surface area (Å²) in [6.45, 7) is 1.88. The molecular formula is C13H11BrN2O3. The molecule has 0 aliphatic heterocycles. The van der Waals surface area contributed by atoms with Gasteiger partial charge in [-0.1, -0.05) is 22.0 Å². The Kier molecular flexibility index (Phi) is 4.11. The highest BCUT2D eigenvalue weighted by Crippen LogP contribution is 2.26. The third-order valence-electron chi connectivity index (χ3n) is 2.48. The molecule has 0 aliphatic carbocycles. The average molecular weight is 323 g/mol. The highest BCUT2D eigenvalue weighted by atomic mass is 79.9. The molecule has 0 atom stereocenters. The van der Waals surface area contributed by atoms with E-state index in [1.807, 2.05) is 13.0 Å². The maximum absolute atomic E-state index is 10.7. The van der Waals surface area contributed by atoms with Crippen LogP contribution in [0.1, 0.15) is 11.1 Å². The second-order valence-corrected chi connectivity index (χ2v) is 4.52. The number of pyridine rings is 1. The smallest absolute Gasteiger partial charge is 0.273 e. The molecule has 0 unspecified atom stereocenters. The Morgan fingerprint density at radius 2 is 2.21 bits per heavy atom. The van der Waals surface area contributed by atoms with Gasteiger partial charge in [0, 0.05) is 23.2 Å². The first-order valence-corrected chi connectivity index (χ1v) is 6.66. The fourth-order valence-corrected chi connectivity index (χ4v) is 1.88. The van der Waals surface area contributed by atoms with Crippen molar-refractivity contribution in [2.45, 2.75) is 12.3 Å². The third-order valence-corrected chi connectivity index (χ3v) is 3.13. The number of halogens is 1. The Bertz CT molecular complexity index is 617. The van der Waals surface area contributed by atoms with Crippen molar-refractivity contribution in [2.24, 2.45) is 0 Å². The largest absolute Gasteiger partial charge is 0.439 e. The van der Waals surface area contributed by atoms with Gasteiger partial charge in [0.1, 0.15) is 5.75 Å². The van der Waals surface area contributed by atoms with E-state index < -0.39 is 4.92 Å². The first kappa shape index (κ1) is 13.5. The number of aryl methyl sites for hydroxylation is 1. The number of non-ortho nitro benzene ring substituents is 1. The van der Waals surface area contributed by atoms with Crippen LogP contribution in [0.15, 0.2) is 36.5 Å². The quantitative estimate of drug-likeness (QED) is 0.485. The van der Waals surface area contributed by atoms with Gasteiger partial charge in [-0.25, -0.2) is 4.98 Å². The summed E-state index contributed by atoms with van der Waals surface area (Å²) in [7, 11) is 0. The van der Waals surface area contributed by atoms with Gasteiger partial charge in [-0.15, -0.1) is 0 Å². The number of alkyl halides is 1. The molecule has 0 bridgehead atoms. The first-order chi connectivity index (χ1) is 9.10. The van der Waals surface area contributed by atoms with E-state index in [1.165, 1.54) is 12.1 Å². The molecule has 0 saturated carbocycles. The molecule has 19 heavy (non-hydrogen) atoms. The minimum absolute atomic E-state index is 0.00719. The van der Waals surface area contributed by atoms with Crippen LogP contribution in [-0.2, 0) is 5.33 Å². The SMILES string of the molecule is Cc1cc(CBr)cnc1Oc1cccc([N+](=O)[O-])c1. The zero-order valence-corrected chi connectivity index (χ0v) is 11.8. The predicted octanol–water partition coefficient (Wildman–Crippen LogP) is 3.99. The fraction of sp³-hybridized carbons (Fsp3) is 0.154. The van der Waals surface area contributed by atoms with Crippen molar-refractivity contribution in [2.75, 3.05) is 0 Å². The molecule has 6 heteroatoms. The zero-order chi connectivity index (χ0) is 13.8. The first-order valence-electron chi connectivity index (χ1n) is 5.54. The van der Waals surface area contributed by atoms with E-state index in [9.17, 15) is 10.1 Å². The van der Waals surface area contributed by atoms with Gasteiger partial charge >= 0.3 is 0 Å². The van der Waals surface area contributed by atoms with Crippen LogP contribution in [0.25, 0.3) is 0 Å². The van der Waals surface area contributed by atoms with Crippen molar-refractivity contribution in [3.05, 3.63) is 57.8 Å². The van der Waals surface area contributed by atoms with E-state index in [1.54, 1.807) is 18.3 Å². The summed E-state index contributed by atoms with van der Waals surface area (Å²) in [5.74, 6) is 0.849. The predicted molar refractivity (Wildman–Crippen MR) is 74.8 cm³/mol. The molecule has 1 aromatic heterocycles. The third kappa shape index (κ3) is 3.29. The van der Waals surface area contributed by atoms with Gasteiger partial charge in [-0.05, 0) is 24.6 Å². The number of hydrogen-bond donors (Lipinski definition) is 0. The van der Waals surface area contributed by atoms with Crippen LogP contribution >= 0.6 is 15.9 Å². The van der Waals surface area contributed by atoms with Crippen molar-refractivity contribution in [1.29, 1.82) is 0 Å². The van der Waals surface area contributed by atoms with Crippen LogP contribution < -0.4 is 4.74 Å². The molecule has 1 heterocycles. The fourth-order valence-electron chi connectivity index (χ4n) is 1.57. The maximum Gasteiger partial charge on any atom is 0.273 e. The normalized spacial score (nSPS) is 10.2. The molecule has 0 aliphatic rings. The maximum atomic E-state index is 10.7. The lowest BCUT2D eigenvalue weighted by Gasteiger charge is -2.08. The monoisotopic (exact) mass is 322 g/mol. The summed E-state index contributed by atoms with van der Waals surface area (Å²) in [5.41, 5.74) is 1.92. The van der Waals surface area contributed by atoms with Crippen molar-refractivity contribution >= 4 is 21.6 Å². The summed E-state index contributed by atoms with van der Waals surface area (Å²) in [6.07, 6.45) is 1.70. The number of hydrogen-bond acceptors (Lipinski definition) is 4. The molecule has 2 aromatic rings. The molecule has 0 saturated heterocycles. The van der Waals surface area contributed by atoms with Crippen LogP contribution in [0.4, 0.5) is 5.69 Å². The van der Waals surface area contributed by atoms with E-state index >= 15 is 0 Å². The van der Waals surface area contributed by atoms with Crippen LogP contribution in [-0.4, -0.2) is 9.91 Å². The van der Waals surface area contributed by atoms with Crippen LogP contribution in [0.5, 0.6) is 11.6 Å². The van der Waals surface area contributed by atoms with Gasteiger partial charge < -0.3 is 4.74 Å². The molecule has 0 radical (unpaired) electrons. The van der Waals surface area contributed by atoms with Gasteiger partial charge in [0.25, 0.3) is 5.69 Å². The average Bonchev–Trinajstić information content (AvgIpc) is 2.41. The number of rotatable bonds is 4. The molecule has 98 valence electrons. The van der Waals surface area contributed by atoms with E-state index in [4.69, 9.17) is 4.74 Å². The van der Waals surface area contributed by atoms with Crippen molar-refractivity contribution in [3.63, 3.8) is 0 Å². The lowest BCUT2D eigenvalue weighted by Crippen LogP contribution is -1.94. The Labute approximate surface area is 118 Å². The highest BCUT2D eigenvalue weighted by molar-refractivity contribution is 9.08. The molecule has 0 fully saturated rings. The van der Waals surface area contributed by atoms with Crippen molar-refractivity contribution < 1.29 is 9.66 Å². The Morgan fingerprint density at radius 1 is 1.42 bits per heavy atom. The topological polar surface area (TPSA) is 65.3 Å². The second-order valence-electron chi connectivity index (χ2n) is 3.96. The standard InChI is InChI=1S/C13H11BrN2O3/c1-9-5-10(7-14)8-15-13(9)19-12-4-2-3-11(6-12)16(17)18/h2-6,8H,7H2,1H3. The van der Waals surface area contributed by atoms with Crippen LogP contribution in [0.2, 0.25) is 0 Å². The number of nitro benzene ring substituents is 1. The number of ether oxygens (including phenoxy) is 1. The van der Waals surface area contributed by atoms with Gasteiger partial charge in [0.05, 0.1) is 11.0 Å². The van der Waals surface area contributed by atoms with Crippen molar-refractivity contribution in [3.8, 4) is 11.6 Å². The van der Waals surface area contributed by atoms with Gasteiger partial charge in [0.2, 0.25) is 5.88 Å². The number of aromatic nitrogens is 1. The van der Waals surface area contributed by atoms with Gasteiger partial charge in [0.15, 0.2) is 0 Å². The summed E-state index contributed by atoms with van der Waals surface area (Å²) in [4.78, 5) is 14.4. The lowest BCUT2D eigenvalue weighted by molar-refractivity contribution is -0.384. The van der Waals surface area contributed by atoms with Gasteiger partial charge in [-0.3, -0.25) is 10.1 Å². The van der Waals surface area contributed by atoms with Gasteiger partial charge in [-0.2, -0.15) is 0 Å². The second kappa shape index (κ2) is 5.79. The van der Waals surface area contributed by atoms with Crippen LogP contribution in [0, 0.1) is 17.0 Å². The summed E-state index contributed by atoms with van der Waals surface area (Å²) < 4.78 is 5.57. The lowest BCUT2D eigenvalue weighted by atomic mass is 10.2. The molecule has 0 N–H and O–H groups in total. The van der Waals surface area contributed by atoms with E-state index in [0.717, 1.165) is 16.5 Å². The number of nitrogens with zero attached hydrogens (tertiary/aromatic N) is 2. The minimum Gasteiger partial charge on any atom is -0.439 e. The minimum atomic E-state index is -0.457. The summed E-state index contributed by atoms with van der Waals surface area (Å²) in [6, 6.07) is 7.98. The van der Waals surface area contributed by atoms with E-state index in [-0.39, 0.29) is 5.69 Å². The molecular weight excluding hydrogens is 312 g/mol. The number of benzene rings is 1. The van der Waals surface area contributed by atoms with Crippen LogP contribution in [0.3, 0.4) is 0 Å². The highest BCUT2D eigenvalue weighted by Gasteiger charge is 2.09. The zero-order valence-electron chi connectivity index (χ0n) is 10.2. The molecule has 5 nitrogen and oxygen atoms in total. The summed E-state index contributed by atoms with van der Waals surface area (Å²) >= 11 is 3.35. The van der Waals surface area contributed by atoms with Crippen molar-refractivity contribution in [1.82, 2.24) is 4.98 Å². The number of nitro groups is 1. The molecule has 0 amide bonds. The summed E-state index contributed by atoms with van der Waals surface area (Å²) in [5, 5.41) is 11.4. The molecule has 1 aromatic carbocycles. The van der Waals surface area contributed by atoms with E-state index in [2.05, 4.69) is 20.9 Å². The Balaban J connectivity index is 2.26. The van der Waals surface area contributed by atoms with E-state index in [0.29, 0.717) is 11.6 Å². The Hall–Kier alpha value is -1.95. The molecule has 0 spiro atoms. The Morgan fingerprint density at radius 3 is 2.84 bits per heavy atom. The molecule has 2 rings (SSSR count).